The Morgan fingerprint density at radius 1 is 1.25 bits per heavy atom. The van der Waals surface area contributed by atoms with Crippen LogP contribution in [0.3, 0.4) is 0 Å². The lowest BCUT2D eigenvalue weighted by Gasteiger charge is -2.12. The number of aromatic carboxylic acids is 1. The van der Waals surface area contributed by atoms with E-state index in [1.807, 2.05) is 13.8 Å². The van der Waals surface area contributed by atoms with Gasteiger partial charge in [0.2, 0.25) is 0 Å². The average molecular weight is 224 g/mol. The summed E-state index contributed by atoms with van der Waals surface area (Å²) in [6.07, 6.45) is 0. The van der Waals surface area contributed by atoms with Crippen molar-refractivity contribution in [1.82, 2.24) is 0 Å². The predicted molar refractivity (Wildman–Crippen MR) is 60.2 cm³/mol. The molecule has 0 aliphatic heterocycles. The molecule has 88 valence electrons. The lowest BCUT2D eigenvalue weighted by atomic mass is 10.1. The van der Waals surface area contributed by atoms with Crippen LogP contribution >= 0.6 is 0 Å². The van der Waals surface area contributed by atoms with Gasteiger partial charge in [-0.1, -0.05) is 0 Å². The number of hydrogen-bond acceptors (Lipinski definition) is 3. The largest absolute Gasteiger partial charge is 0.491 e. The number of carboxylic acids is 1. The number of carboxylic acid groups (broad SMARTS) is 1. The number of ether oxygens (including phenoxy) is 2. The van der Waals surface area contributed by atoms with Gasteiger partial charge in [-0.2, -0.15) is 0 Å². The highest BCUT2D eigenvalue weighted by Gasteiger charge is 2.10. The second-order valence-electron chi connectivity index (χ2n) is 3.59. The third kappa shape index (κ3) is 2.97. The van der Waals surface area contributed by atoms with Crippen LogP contribution in [-0.4, -0.2) is 31.4 Å². The zero-order valence-electron chi connectivity index (χ0n) is 9.74. The number of methoxy groups -OCH3 is 1. The van der Waals surface area contributed by atoms with Crippen LogP contribution in [0.25, 0.3) is 0 Å². The molecule has 0 aliphatic rings. The standard InChI is InChI=1S/C12H16O4/c1-8-6-10(12(13)14)7-9(2)11(8)16-5-4-15-3/h6-7H,4-5H2,1-3H3,(H,13,14). The molecule has 0 fully saturated rings. The Morgan fingerprint density at radius 3 is 2.25 bits per heavy atom. The average Bonchev–Trinajstić information content (AvgIpc) is 2.21. The van der Waals surface area contributed by atoms with E-state index in [2.05, 4.69) is 0 Å². The van der Waals surface area contributed by atoms with Crippen LogP contribution in [0.2, 0.25) is 0 Å². The minimum atomic E-state index is -0.922. The summed E-state index contributed by atoms with van der Waals surface area (Å²) in [6.45, 7) is 4.65. The van der Waals surface area contributed by atoms with Crippen LogP contribution in [0.1, 0.15) is 21.5 Å². The van der Waals surface area contributed by atoms with Gasteiger partial charge >= 0.3 is 5.97 Å². The Labute approximate surface area is 94.8 Å². The molecule has 0 heterocycles. The highest BCUT2D eigenvalue weighted by Crippen LogP contribution is 2.24. The molecular weight excluding hydrogens is 208 g/mol. The van der Waals surface area contributed by atoms with Gasteiger partial charge in [-0.25, -0.2) is 4.79 Å². The fraction of sp³-hybridized carbons (Fsp3) is 0.417. The second kappa shape index (κ2) is 5.51. The molecule has 1 aromatic carbocycles. The lowest BCUT2D eigenvalue weighted by Crippen LogP contribution is -2.07. The summed E-state index contributed by atoms with van der Waals surface area (Å²) in [4.78, 5) is 10.8. The van der Waals surface area contributed by atoms with E-state index < -0.39 is 5.97 Å². The topological polar surface area (TPSA) is 55.8 Å². The van der Waals surface area contributed by atoms with Crippen molar-refractivity contribution in [3.63, 3.8) is 0 Å². The summed E-state index contributed by atoms with van der Waals surface area (Å²) in [6, 6.07) is 3.22. The van der Waals surface area contributed by atoms with E-state index in [4.69, 9.17) is 14.6 Å². The molecule has 1 rings (SSSR count). The number of rotatable bonds is 5. The van der Waals surface area contributed by atoms with E-state index in [0.29, 0.717) is 13.2 Å². The second-order valence-corrected chi connectivity index (χ2v) is 3.59. The summed E-state index contributed by atoms with van der Waals surface area (Å²) < 4.78 is 10.4. The predicted octanol–water partition coefficient (Wildman–Crippen LogP) is 2.03. The molecule has 0 amide bonds. The normalized spacial score (nSPS) is 10.2. The van der Waals surface area contributed by atoms with Crippen LogP contribution in [0, 0.1) is 13.8 Å². The monoisotopic (exact) mass is 224 g/mol. The van der Waals surface area contributed by atoms with Crippen LogP contribution in [0.5, 0.6) is 5.75 Å². The molecule has 16 heavy (non-hydrogen) atoms. The third-order valence-electron chi connectivity index (χ3n) is 2.24. The maximum atomic E-state index is 10.8. The van der Waals surface area contributed by atoms with Gasteiger partial charge in [-0.05, 0) is 37.1 Å². The van der Waals surface area contributed by atoms with E-state index in [0.717, 1.165) is 16.9 Å². The van der Waals surface area contributed by atoms with E-state index >= 15 is 0 Å². The molecule has 1 N–H and O–H groups in total. The van der Waals surface area contributed by atoms with Gasteiger partial charge in [0, 0.05) is 7.11 Å². The van der Waals surface area contributed by atoms with Crippen LogP contribution in [-0.2, 0) is 4.74 Å². The summed E-state index contributed by atoms with van der Waals surface area (Å²) in [5.41, 5.74) is 1.94. The molecule has 0 saturated heterocycles. The van der Waals surface area contributed by atoms with Crippen molar-refractivity contribution in [3.8, 4) is 5.75 Å². The summed E-state index contributed by atoms with van der Waals surface area (Å²) >= 11 is 0. The Morgan fingerprint density at radius 2 is 1.81 bits per heavy atom. The van der Waals surface area contributed by atoms with Gasteiger partial charge in [0.1, 0.15) is 12.4 Å². The van der Waals surface area contributed by atoms with Crippen molar-refractivity contribution in [2.45, 2.75) is 13.8 Å². The number of hydrogen-bond donors (Lipinski definition) is 1. The number of benzene rings is 1. The van der Waals surface area contributed by atoms with Crippen LogP contribution in [0.15, 0.2) is 12.1 Å². The smallest absolute Gasteiger partial charge is 0.335 e. The van der Waals surface area contributed by atoms with Gasteiger partial charge in [0.15, 0.2) is 0 Å². The van der Waals surface area contributed by atoms with Crippen molar-refractivity contribution in [3.05, 3.63) is 28.8 Å². The van der Waals surface area contributed by atoms with Gasteiger partial charge in [0.25, 0.3) is 0 Å². The summed E-state index contributed by atoms with van der Waals surface area (Å²) in [5.74, 6) is -0.184. The van der Waals surface area contributed by atoms with E-state index in [1.165, 1.54) is 0 Å². The fourth-order valence-corrected chi connectivity index (χ4v) is 1.53. The molecule has 0 spiro atoms. The van der Waals surface area contributed by atoms with Crippen molar-refractivity contribution in [2.24, 2.45) is 0 Å². The van der Waals surface area contributed by atoms with E-state index in [-0.39, 0.29) is 5.56 Å². The fourth-order valence-electron chi connectivity index (χ4n) is 1.53. The maximum absolute atomic E-state index is 10.8. The Hall–Kier alpha value is -1.55. The molecular formula is C12H16O4. The molecule has 0 radical (unpaired) electrons. The van der Waals surface area contributed by atoms with Gasteiger partial charge in [0.05, 0.1) is 12.2 Å². The molecule has 0 aliphatic carbocycles. The quantitative estimate of drug-likeness (QED) is 0.777. The molecule has 1 aromatic rings. The number of aryl methyl sites for hydroxylation is 2. The first-order chi connectivity index (χ1) is 7.56. The highest BCUT2D eigenvalue weighted by atomic mass is 16.5. The zero-order valence-corrected chi connectivity index (χ0v) is 9.74. The molecule has 4 heteroatoms. The SMILES string of the molecule is COCCOc1c(C)cc(C(=O)O)cc1C. The highest BCUT2D eigenvalue weighted by molar-refractivity contribution is 5.88. The van der Waals surface area contributed by atoms with Gasteiger partial charge < -0.3 is 14.6 Å². The summed E-state index contributed by atoms with van der Waals surface area (Å²) in [5, 5.41) is 8.88. The Bertz CT molecular complexity index is 362. The zero-order chi connectivity index (χ0) is 12.1. The van der Waals surface area contributed by atoms with Crippen LogP contribution < -0.4 is 4.74 Å². The number of carbonyl (C=O) groups is 1. The van der Waals surface area contributed by atoms with Crippen LogP contribution in [0.4, 0.5) is 0 Å². The summed E-state index contributed by atoms with van der Waals surface area (Å²) in [7, 11) is 1.61. The minimum Gasteiger partial charge on any atom is -0.491 e. The lowest BCUT2D eigenvalue weighted by molar-refractivity contribution is 0.0696. The molecule has 0 atom stereocenters. The first kappa shape index (κ1) is 12.5. The van der Waals surface area contributed by atoms with E-state index in [9.17, 15) is 4.79 Å². The maximum Gasteiger partial charge on any atom is 0.335 e. The first-order valence-electron chi connectivity index (χ1n) is 5.02. The first-order valence-corrected chi connectivity index (χ1v) is 5.02. The minimum absolute atomic E-state index is 0.286. The van der Waals surface area contributed by atoms with Crippen molar-refractivity contribution in [1.29, 1.82) is 0 Å². The molecule has 4 nitrogen and oxygen atoms in total. The van der Waals surface area contributed by atoms with Gasteiger partial charge in [-0.3, -0.25) is 0 Å². The van der Waals surface area contributed by atoms with Gasteiger partial charge in [-0.15, -0.1) is 0 Å². The molecule has 0 unspecified atom stereocenters. The Balaban J connectivity index is 2.89. The van der Waals surface area contributed by atoms with Crippen molar-refractivity contribution >= 4 is 5.97 Å². The molecule has 0 aromatic heterocycles. The van der Waals surface area contributed by atoms with Crippen molar-refractivity contribution in [2.75, 3.05) is 20.3 Å². The van der Waals surface area contributed by atoms with E-state index in [1.54, 1.807) is 19.2 Å². The Kier molecular flexibility index (Phi) is 4.31. The molecule has 0 bridgehead atoms. The van der Waals surface area contributed by atoms with Crippen molar-refractivity contribution < 1.29 is 19.4 Å². The third-order valence-corrected chi connectivity index (χ3v) is 2.24. The molecule has 0 saturated carbocycles.